The highest BCUT2D eigenvalue weighted by molar-refractivity contribution is 6.20. The molecule has 0 spiro atoms. The third kappa shape index (κ3) is 8.52. The summed E-state index contributed by atoms with van der Waals surface area (Å²) in [6.45, 7) is 6.14. The second-order valence-corrected chi connectivity index (χ2v) is 10.8. The van der Waals surface area contributed by atoms with Crippen molar-refractivity contribution in [1.29, 1.82) is 0 Å². The number of alkyl halides is 1. The molecule has 3 rings (SSSR count). The van der Waals surface area contributed by atoms with Crippen LogP contribution < -0.4 is 9.47 Å². The largest absolute Gasteiger partial charge is 0.494 e. The van der Waals surface area contributed by atoms with Crippen LogP contribution in [0, 0.1) is 23.7 Å². The first-order valence-electron chi connectivity index (χ1n) is 13.2. The minimum Gasteiger partial charge on any atom is -0.494 e. The number of benzene rings is 1. The average molecular weight is 449 g/mol. The smallest absolute Gasteiger partial charge is 0.119 e. The van der Waals surface area contributed by atoms with Crippen LogP contribution in [0.5, 0.6) is 11.5 Å². The quantitative estimate of drug-likeness (QED) is 0.235. The predicted molar refractivity (Wildman–Crippen MR) is 132 cm³/mol. The maximum Gasteiger partial charge on any atom is 0.119 e. The van der Waals surface area contributed by atoms with Gasteiger partial charge in [0.1, 0.15) is 11.5 Å². The Morgan fingerprint density at radius 1 is 0.774 bits per heavy atom. The van der Waals surface area contributed by atoms with Gasteiger partial charge in [-0.05, 0) is 86.5 Å². The molecule has 1 aromatic carbocycles. The lowest BCUT2D eigenvalue weighted by Gasteiger charge is -2.34. The maximum atomic E-state index is 6.91. The number of rotatable bonds is 12. The van der Waals surface area contributed by atoms with Crippen molar-refractivity contribution in [3.8, 4) is 11.5 Å². The van der Waals surface area contributed by atoms with E-state index < -0.39 is 0 Å². The molecule has 2 fully saturated rings. The fraction of sp³-hybridized carbons (Fsp3) is 0.786. The van der Waals surface area contributed by atoms with Gasteiger partial charge in [-0.25, -0.2) is 0 Å². The molecule has 31 heavy (non-hydrogen) atoms. The minimum atomic E-state index is 0.401. The highest BCUT2D eigenvalue weighted by Gasteiger charge is 2.29. The van der Waals surface area contributed by atoms with Crippen molar-refractivity contribution in [1.82, 2.24) is 0 Å². The maximum absolute atomic E-state index is 6.91. The second-order valence-electron chi connectivity index (χ2n) is 10.2. The molecule has 176 valence electrons. The molecule has 2 saturated carbocycles. The van der Waals surface area contributed by atoms with Crippen molar-refractivity contribution in [2.75, 3.05) is 13.2 Å². The SMILES string of the molecule is CCCCOc1ccc(OCC2CCC(CC(Cl)C3CCC(CCC)CC3)CC2)cc1. The van der Waals surface area contributed by atoms with Crippen molar-refractivity contribution >= 4 is 11.6 Å². The van der Waals surface area contributed by atoms with Crippen molar-refractivity contribution in [2.45, 2.75) is 103 Å². The lowest BCUT2D eigenvalue weighted by molar-refractivity contribution is 0.170. The van der Waals surface area contributed by atoms with E-state index in [1.807, 2.05) is 24.3 Å². The zero-order valence-electron chi connectivity index (χ0n) is 20.0. The Morgan fingerprint density at radius 3 is 1.97 bits per heavy atom. The lowest BCUT2D eigenvalue weighted by atomic mass is 9.75. The predicted octanol–water partition coefficient (Wildman–Crippen LogP) is 8.65. The summed E-state index contributed by atoms with van der Waals surface area (Å²) in [5.74, 6) is 5.16. The van der Waals surface area contributed by atoms with Gasteiger partial charge in [-0.15, -0.1) is 11.6 Å². The minimum absolute atomic E-state index is 0.401. The zero-order valence-corrected chi connectivity index (χ0v) is 20.8. The Kier molecular flexibility index (Phi) is 10.9. The Morgan fingerprint density at radius 2 is 1.35 bits per heavy atom. The molecular weight excluding hydrogens is 404 g/mol. The molecule has 0 saturated heterocycles. The molecule has 0 radical (unpaired) electrons. The second kappa shape index (κ2) is 13.6. The molecular formula is C28H45ClO2. The fourth-order valence-corrected chi connectivity index (χ4v) is 6.08. The van der Waals surface area contributed by atoms with Crippen LogP contribution in [-0.4, -0.2) is 18.6 Å². The summed E-state index contributed by atoms with van der Waals surface area (Å²) >= 11 is 6.91. The zero-order chi connectivity index (χ0) is 21.9. The van der Waals surface area contributed by atoms with Gasteiger partial charge in [0, 0.05) is 5.38 Å². The van der Waals surface area contributed by atoms with Gasteiger partial charge in [0.15, 0.2) is 0 Å². The standard InChI is InChI=1S/C28H45ClO2/c1-3-5-19-30-26-15-17-27(18-16-26)31-21-24-9-7-23(8-10-24)20-28(29)25-13-11-22(6-4-2)12-14-25/h15-18,22-25,28H,3-14,19-21H2,1-2H3. The number of hydrogen-bond donors (Lipinski definition) is 0. The number of ether oxygens (including phenoxy) is 2. The van der Waals surface area contributed by atoms with Crippen LogP contribution in [0.15, 0.2) is 24.3 Å². The van der Waals surface area contributed by atoms with E-state index in [0.29, 0.717) is 11.3 Å². The van der Waals surface area contributed by atoms with Gasteiger partial charge in [-0.1, -0.05) is 58.8 Å². The topological polar surface area (TPSA) is 18.5 Å². The van der Waals surface area contributed by atoms with Crippen LogP contribution in [0.2, 0.25) is 0 Å². The molecule has 1 atom stereocenters. The summed E-state index contributed by atoms with van der Waals surface area (Å²) in [6.07, 6.45) is 17.0. The van der Waals surface area contributed by atoms with Crippen LogP contribution >= 0.6 is 11.6 Å². The lowest BCUT2D eigenvalue weighted by Crippen LogP contribution is -2.26. The number of halogens is 1. The third-order valence-electron chi connectivity index (χ3n) is 7.70. The first kappa shape index (κ1) is 24.7. The van der Waals surface area contributed by atoms with Gasteiger partial charge >= 0.3 is 0 Å². The first-order valence-corrected chi connectivity index (χ1v) is 13.6. The van der Waals surface area contributed by atoms with Gasteiger partial charge in [-0.2, -0.15) is 0 Å². The summed E-state index contributed by atoms with van der Waals surface area (Å²) < 4.78 is 11.8. The molecule has 0 aliphatic heterocycles. The summed E-state index contributed by atoms with van der Waals surface area (Å²) in [7, 11) is 0. The van der Waals surface area contributed by atoms with Crippen molar-refractivity contribution in [2.24, 2.45) is 23.7 Å². The van der Waals surface area contributed by atoms with E-state index >= 15 is 0 Å². The van der Waals surface area contributed by atoms with Crippen LogP contribution in [0.1, 0.15) is 97.3 Å². The van der Waals surface area contributed by atoms with E-state index in [-0.39, 0.29) is 0 Å². The highest BCUT2D eigenvalue weighted by atomic mass is 35.5. The van der Waals surface area contributed by atoms with E-state index in [1.54, 1.807) is 0 Å². The molecule has 0 N–H and O–H groups in total. The molecule has 2 aliphatic rings. The Labute approximate surface area is 196 Å². The van der Waals surface area contributed by atoms with E-state index in [4.69, 9.17) is 21.1 Å². The molecule has 0 aromatic heterocycles. The molecule has 0 heterocycles. The van der Waals surface area contributed by atoms with Crippen LogP contribution in [0.3, 0.4) is 0 Å². The number of hydrogen-bond acceptors (Lipinski definition) is 2. The molecule has 1 unspecified atom stereocenters. The molecule has 2 aliphatic carbocycles. The van der Waals surface area contributed by atoms with Gasteiger partial charge in [0.05, 0.1) is 13.2 Å². The van der Waals surface area contributed by atoms with Crippen molar-refractivity contribution in [3.05, 3.63) is 24.3 Å². The van der Waals surface area contributed by atoms with E-state index in [0.717, 1.165) is 55.3 Å². The Bertz CT molecular complexity index is 586. The molecule has 2 nitrogen and oxygen atoms in total. The van der Waals surface area contributed by atoms with Crippen LogP contribution in [-0.2, 0) is 0 Å². The van der Waals surface area contributed by atoms with E-state index in [9.17, 15) is 0 Å². The summed E-state index contributed by atoms with van der Waals surface area (Å²) in [4.78, 5) is 0. The summed E-state index contributed by atoms with van der Waals surface area (Å²) in [6, 6.07) is 8.14. The first-order chi connectivity index (χ1) is 15.2. The summed E-state index contributed by atoms with van der Waals surface area (Å²) in [5, 5.41) is 0.401. The number of unbranched alkanes of at least 4 members (excludes halogenated alkanes) is 1. The van der Waals surface area contributed by atoms with Gasteiger partial charge in [-0.3, -0.25) is 0 Å². The molecule has 1 aromatic rings. The van der Waals surface area contributed by atoms with Crippen LogP contribution in [0.4, 0.5) is 0 Å². The van der Waals surface area contributed by atoms with Gasteiger partial charge < -0.3 is 9.47 Å². The van der Waals surface area contributed by atoms with E-state index in [1.165, 1.54) is 70.6 Å². The Hall–Kier alpha value is -0.890. The fourth-order valence-electron chi connectivity index (χ4n) is 5.57. The molecule has 0 amide bonds. The monoisotopic (exact) mass is 448 g/mol. The normalized spacial score (nSPS) is 27.6. The molecule has 3 heteroatoms. The van der Waals surface area contributed by atoms with Crippen molar-refractivity contribution in [3.63, 3.8) is 0 Å². The molecule has 0 bridgehead atoms. The third-order valence-corrected chi connectivity index (χ3v) is 8.24. The van der Waals surface area contributed by atoms with Gasteiger partial charge in [0.25, 0.3) is 0 Å². The van der Waals surface area contributed by atoms with Crippen molar-refractivity contribution < 1.29 is 9.47 Å². The van der Waals surface area contributed by atoms with Crippen LogP contribution in [0.25, 0.3) is 0 Å². The summed E-state index contributed by atoms with van der Waals surface area (Å²) in [5.41, 5.74) is 0. The van der Waals surface area contributed by atoms with Gasteiger partial charge in [0.2, 0.25) is 0 Å². The highest BCUT2D eigenvalue weighted by Crippen LogP contribution is 2.39. The Balaban J connectivity index is 1.30. The van der Waals surface area contributed by atoms with E-state index in [2.05, 4.69) is 13.8 Å². The average Bonchev–Trinajstić information content (AvgIpc) is 2.80.